The van der Waals surface area contributed by atoms with Gasteiger partial charge < -0.3 is 15.2 Å². The summed E-state index contributed by atoms with van der Waals surface area (Å²) in [5, 5.41) is 14.0. The van der Waals surface area contributed by atoms with Crippen LogP contribution in [0.2, 0.25) is 0 Å². The van der Waals surface area contributed by atoms with E-state index in [0.29, 0.717) is 0 Å². The van der Waals surface area contributed by atoms with Crippen LogP contribution in [-0.2, 0) is 20.7 Å². The summed E-state index contributed by atoms with van der Waals surface area (Å²) < 4.78 is 4.38. The number of ether oxygens (including phenoxy) is 1. The van der Waals surface area contributed by atoms with Crippen molar-refractivity contribution in [3.63, 3.8) is 0 Å². The van der Waals surface area contributed by atoms with Crippen LogP contribution in [0.3, 0.4) is 0 Å². The Balaban J connectivity index is 2.00. The van der Waals surface area contributed by atoms with Gasteiger partial charge in [0.1, 0.15) is 0 Å². The maximum absolute atomic E-state index is 11.9. The number of hydrogen-bond acceptors (Lipinski definition) is 4. The molecule has 0 aliphatic rings. The number of hydrogen-bond donors (Lipinski definition) is 2. The summed E-state index contributed by atoms with van der Waals surface area (Å²) in [4.78, 5) is 22.9. The molecule has 0 aromatic heterocycles. The average Bonchev–Trinajstić information content (AvgIpc) is 2.52. The van der Waals surface area contributed by atoms with Gasteiger partial charge in [-0.3, -0.25) is 4.79 Å². The first-order valence-corrected chi connectivity index (χ1v) is 6.61. The van der Waals surface area contributed by atoms with E-state index in [4.69, 9.17) is 0 Å². The summed E-state index contributed by atoms with van der Waals surface area (Å²) in [6.45, 7) is -0.156. The van der Waals surface area contributed by atoms with Crippen molar-refractivity contribution in [2.75, 3.05) is 13.7 Å². The number of rotatable bonds is 5. The van der Waals surface area contributed by atoms with Gasteiger partial charge >= 0.3 is 5.97 Å². The van der Waals surface area contributed by atoms with Crippen LogP contribution in [0.4, 0.5) is 0 Å². The minimum Gasteiger partial charge on any atom is -0.467 e. The molecule has 0 spiro atoms. The van der Waals surface area contributed by atoms with Gasteiger partial charge in [0, 0.05) is 0 Å². The molecule has 1 amide bonds. The molecule has 110 valence electrons. The van der Waals surface area contributed by atoms with Gasteiger partial charge in [-0.15, -0.1) is 0 Å². The monoisotopic (exact) mass is 287 g/mol. The molecule has 0 aliphatic heterocycles. The van der Waals surface area contributed by atoms with Gasteiger partial charge in [0.25, 0.3) is 0 Å². The summed E-state index contributed by atoms with van der Waals surface area (Å²) in [5.41, 5.74) is 0.901. The van der Waals surface area contributed by atoms with E-state index in [2.05, 4.69) is 10.1 Å². The molecule has 0 saturated carbocycles. The second-order valence-corrected chi connectivity index (χ2v) is 4.66. The summed E-state index contributed by atoms with van der Waals surface area (Å²) in [6, 6.07) is 13.6. The third-order valence-electron chi connectivity index (χ3n) is 3.20. The molecular formula is C16H17NO4. The normalized spacial score (nSPS) is 11.9. The van der Waals surface area contributed by atoms with Crippen LogP contribution in [0.25, 0.3) is 10.8 Å². The maximum Gasteiger partial charge on any atom is 0.336 e. The lowest BCUT2D eigenvalue weighted by Crippen LogP contribution is -2.37. The second-order valence-electron chi connectivity index (χ2n) is 4.66. The number of aliphatic hydroxyl groups is 1. The van der Waals surface area contributed by atoms with Crippen LogP contribution in [0.5, 0.6) is 0 Å². The zero-order valence-corrected chi connectivity index (χ0v) is 11.7. The van der Waals surface area contributed by atoms with Gasteiger partial charge in [0.15, 0.2) is 6.10 Å². The minimum atomic E-state index is -1.34. The highest BCUT2D eigenvalue weighted by Gasteiger charge is 2.16. The molecule has 21 heavy (non-hydrogen) atoms. The Hall–Kier alpha value is -2.40. The van der Waals surface area contributed by atoms with Gasteiger partial charge in [-0.05, 0) is 16.3 Å². The van der Waals surface area contributed by atoms with Crippen LogP contribution < -0.4 is 5.32 Å². The largest absolute Gasteiger partial charge is 0.467 e. The number of fused-ring (bicyclic) bond motifs is 1. The van der Waals surface area contributed by atoms with Crippen molar-refractivity contribution in [3.05, 3.63) is 48.0 Å². The Bertz CT molecular complexity index is 648. The fourth-order valence-electron chi connectivity index (χ4n) is 2.11. The molecule has 2 aromatic carbocycles. The Morgan fingerprint density at radius 2 is 1.90 bits per heavy atom. The maximum atomic E-state index is 11.9. The third kappa shape index (κ3) is 3.79. The Kier molecular flexibility index (Phi) is 4.90. The van der Waals surface area contributed by atoms with E-state index in [-0.39, 0.29) is 18.9 Å². The number of aliphatic hydroxyl groups excluding tert-OH is 1. The number of esters is 1. The molecule has 5 heteroatoms. The molecule has 2 aromatic rings. The van der Waals surface area contributed by atoms with E-state index < -0.39 is 12.1 Å². The number of benzene rings is 2. The number of carbonyl (C=O) groups excluding carboxylic acids is 2. The van der Waals surface area contributed by atoms with E-state index >= 15 is 0 Å². The first-order chi connectivity index (χ1) is 10.1. The van der Waals surface area contributed by atoms with Gasteiger partial charge in [0.2, 0.25) is 5.91 Å². The molecule has 2 N–H and O–H groups in total. The summed E-state index contributed by atoms with van der Waals surface area (Å²) in [7, 11) is 1.18. The molecule has 0 bridgehead atoms. The first kappa shape index (κ1) is 15.0. The topological polar surface area (TPSA) is 75.6 Å². The van der Waals surface area contributed by atoms with E-state index in [1.807, 2.05) is 42.5 Å². The minimum absolute atomic E-state index is 0.156. The predicted molar refractivity (Wildman–Crippen MR) is 78.7 cm³/mol. The Labute approximate surface area is 122 Å². The zero-order valence-electron chi connectivity index (χ0n) is 11.7. The summed E-state index contributed by atoms with van der Waals surface area (Å²) in [5.74, 6) is -1.02. The van der Waals surface area contributed by atoms with Gasteiger partial charge in [-0.2, -0.15) is 0 Å². The van der Waals surface area contributed by atoms with Crippen LogP contribution in [0, 0.1) is 0 Å². The van der Waals surface area contributed by atoms with Gasteiger partial charge in [-0.1, -0.05) is 42.5 Å². The number of carbonyl (C=O) groups is 2. The predicted octanol–water partition coefficient (Wildman–Crippen LogP) is 1.03. The SMILES string of the molecule is COC(=O)C(O)CNC(=O)Cc1cccc2ccccc12. The quantitative estimate of drug-likeness (QED) is 0.805. The van der Waals surface area contributed by atoms with Crippen molar-refractivity contribution < 1.29 is 19.4 Å². The molecule has 1 unspecified atom stereocenters. The highest BCUT2D eigenvalue weighted by molar-refractivity contribution is 5.90. The number of amides is 1. The van der Waals surface area contributed by atoms with E-state index in [9.17, 15) is 14.7 Å². The molecule has 0 aliphatic carbocycles. The zero-order chi connectivity index (χ0) is 15.2. The lowest BCUT2D eigenvalue weighted by atomic mass is 10.0. The van der Waals surface area contributed by atoms with Crippen molar-refractivity contribution in [1.82, 2.24) is 5.32 Å². The number of nitrogens with one attached hydrogen (secondary N) is 1. The highest BCUT2D eigenvalue weighted by Crippen LogP contribution is 2.18. The molecule has 0 saturated heterocycles. The summed E-state index contributed by atoms with van der Waals surface area (Å²) >= 11 is 0. The number of methoxy groups -OCH3 is 1. The fourth-order valence-corrected chi connectivity index (χ4v) is 2.11. The Morgan fingerprint density at radius 1 is 1.19 bits per heavy atom. The van der Waals surface area contributed by atoms with Crippen molar-refractivity contribution in [2.24, 2.45) is 0 Å². The smallest absolute Gasteiger partial charge is 0.336 e. The van der Waals surface area contributed by atoms with Crippen molar-refractivity contribution >= 4 is 22.6 Å². The standard InChI is InChI=1S/C16H17NO4/c1-21-16(20)14(18)10-17-15(19)9-12-7-4-6-11-5-2-3-8-13(11)12/h2-8,14,18H,9-10H2,1H3,(H,17,19). The lowest BCUT2D eigenvalue weighted by molar-refractivity contribution is -0.150. The van der Waals surface area contributed by atoms with Gasteiger partial charge in [-0.25, -0.2) is 4.79 Å². The third-order valence-corrected chi connectivity index (χ3v) is 3.20. The van der Waals surface area contributed by atoms with Crippen molar-refractivity contribution in [2.45, 2.75) is 12.5 Å². The van der Waals surface area contributed by atoms with E-state index in [1.54, 1.807) is 0 Å². The van der Waals surface area contributed by atoms with E-state index in [0.717, 1.165) is 16.3 Å². The molecule has 1 atom stereocenters. The molecular weight excluding hydrogens is 270 g/mol. The molecule has 2 rings (SSSR count). The fraction of sp³-hybridized carbons (Fsp3) is 0.250. The van der Waals surface area contributed by atoms with Crippen LogP contribution >= 0.6 is 0 Å². The van der Waals surface area contributed by atoms with Crippen molar-refractivity contribution in [3.8, 4) is 0 Å². The first-order valence-electron chi connectivity index (χ1n) is 6.61. The summed E-state index contributed by atoms with van der Waals surface area (Å²) in [6.07, 6.45) is -1.15. The molecule has 0 fully saturated rings. The van der Waals surface area contributed by atoms with E-state index in [1.165, 1.54) is 7.11 Å². The molecule has 0 radical (unpaired) electrons. The molecule has 0 heterocycles. The average molecular weight is 287 g/mol. The lowest BCUT2D eigenvalue weighted by Gasteiger charge is -2.10. The highest BCUT2D eigenvalue weighted by atomic mass is 16.5. The van der Waals surface area contributed by atoms with Crippen LogP contribution in [-0.4, -0.2) is 36.7 Å². The van der Waals surface area contributed by atoms with Gasteiger partial charge in [0.05, 0.1) is 20.1 Å². The molecule has 5 nitrogen and oxygen atoms in total. The van der Waals surface area contributed by atoms with Crippen LogP contribution in [0.15, 0.2) is 42.5 Å². The van der Waals surface area contributed by atoms with Crippen molar-refractivity contribution in [1.29, 1.82) is 0 Å². The second kappa shape index (κ2) is 6.85. The Morgan fingerprint density at radius 3 is 2.67 bits per heavy atom. The van der Waals surface area contributed by atoms with Crippen LogP contribution in [0.1, 0.15) is 5.56 Å².